The highest BCUT2D eigenvalue weighted by molar-refractivity contribution is 5.13. The van der Waals surface area contributed by atoms with Gasteiger partial charge in [-0.3, -0.25) is 0 Å². The molecule has 0 fully saturated rings. The summed E-state index contributed by atoms with van der Waals surface area (Å²) in [5.74, 6) is 0. The monoisotopic (exact) mass is 190 g/mol. The second-order valence-corrected chi connectivity index (χ2v) is 3.31. The standard InChI is InChI=1S/C13H18O/c1-2-3-4-8-11-14-12-13-9-6-5-7-10-13/h5-11H,2-4,12H2,1H3/b11-8+. The maximum atomic E-state index is 5.39. The van der Waals surface area contributed by atoms with Gasteiger partial charge in [-0.05, 0) is 24.5 Å². The Morgan fingerprint density at radius 3 is 2.71 bits per heavy atom. The summed E-state index contributed by atoms with van der Waals surface area (Å²) in [4.78, 5) is 0. The Hall–Kier alpha value is -1.24. The smallest absolute Gasteiger partial charge is 0.112 e. The molecule has 0 aromatic heterocycles. The van der Waals surface area contributed by atoms with Crippen LogP contribution < -0.4 is 0 Å². The predicted molar refractivity (Wildman–Crippen MR) is 59.9 cm³/mol. The molecule has 14 heavy (non-hydrogen) atoms. The number of hydrogen-bond donors (Lipinski definition) is 0. The average Bonchev–Trinajstić information content (AvgIpc) is 2.25. The highest BCUT2D eigenvalue weighted by Crippen LogP contribution is 2.01. The minimum absolute atomic E-state index is 0.670. The number of allylic oxidation sites excluding steroid dienone is 1. The van der Waals surface area contributed by atoms with E-state index in [9.17, 15) is 0 Å². The molecule has 0 aliphatic carbocycles. The summed E-state index contributed by atoms with van der Waals surface area (Å²) in [5.41, 5.74) is 1.22. The Balaban J connectivity index is 2.12. The molecule has 0 aliphatic rings. The van der Waals surface area contributed by atoms with Crippen molar-refractivity contribution in [3.8, 4) is 0 Å². The molecule has 0 atom stereocenters. The van der Waals surface area contributed by atoms with Crippen LogP contribution in [0.4, 0.5) is 0 Å². The predicted octanol–water partition coefficient (Wildman–Crippen LogP) is 3.91. The number of unbranched alkanes of at least 4 members (excludes halogenated alkanes) is 2. The third-order valence-electron chi connectivity index (χ3n) is 2.01. The third kappa shape index (κ3) is 4.70. The lowest BCUT2D eigenvalue weighted by Gasteiger charge is -1.99. The van der Waals surface area contributed by atoms with Crippen molar-refractivity contribution in [2.75, 3.05) is 0 Å². The molecule has 1 nitrogen and oxygen atoms in total. The van der Waals surface area contributed by atoms with E-state index < -0.39 is 0 Å². The van der Waals surface area contributed by atoms with E-state index in [-0.39, 0.29) is 0 Å². The van der Waals surface area contributed by atoms with Crippen LogP contribution >= 0.6 is 0 Å². The van der Waals surface area contributed by atoms with E-state index in [1.807, 2.05) is 24.5 Å². The van der Waals surface area contributed by atoms with Gasteiger partial charge in [0.25, 0.3) is 0 Å². The molecule has 0 saturated heterocycles. The first kappa shape index (κ1) is 10.8. The first-order valence-corrected chi connectivity index (χ1v) is 5.24. The second kappa shape index (κ2) is 7.19. The van der Waals surface area contributed by atoms with Crippen LogP contribution in [-0.2, 0) is 11.3 Å². The number of hydrogen-bond acceptors (Lipinski definition) is 1. The van der Waals surface area contributed by atoms with Crippen LogP contribution in [-0.4, -0.2) is 0 Å². The Morgan fingerprint density at radius 2 is 2.00 bits per heavy atom. The van der Waals surface area contributed by atoms with Crippen molar-refractivity contribution in [2.24, 2.45) is 0 Å². The largest absolute Gasteiger partial charge is 0.497 e. The Bertz CT molecular complexity index is 251. The molecular formula is C13H18O. The van der Waals surface area contributed by atoms with E-state index >= 15 is 0 Å². The second-order valence-electron chi connectivity index (χ2n) is 3.31. The van der Waals surface area contributed by atoms with Crippen LogP contribution in [0.1, 0.15) is 31.7 Å². The summed E-state index contributed by atoms with van der Waals surface area (Å²) < 4.78 is 5.39. The third-order valence-corrected chi connectivity index (χ3v) is 2.01. The van der Waals surface area contributed by atoms with Gasteiger partial charge in [-0.15, -0.1) is 0 Å². The molecule has 0 unspecified atom stereocenters. The number of rotatable bonds is 6. The molecule has 0 saturated carbocycles. The molecule has 1 aromatic rings. The number of benzene rings is 1. The average molecular weight is 190 g/mol. The Morgan fingerprint density at radius 1 is 1.21 bits per heavy atom. The lowest BCUT2D eigenvalue weighted by molar-refractivity contribution is 0.235. The molecule has 76 valence electrons. The van der Waals surface area contributed by atoms with Gasteiger partial charge in [-0.2, -0.15) is 0 Å². The van der Waals surface area contributed by atoms with E-state index in [1.165, 1.54) is 18.4 Å². The Kier molecular flexibility index (Phi) is 5.57. The zero-order valence-corrected chi connectivity index (χ0v) is 8.78. The van der Waals surface area contributed by atoms with Crippen LogP contribution in [0.25, 0.3) is 0 Å². The first-order chi connectivity index (χ1) is 6.93. The van der Waals surface area contributed by atoms with Crippen molar-refractivity contribution in [3.63, 3.8) is 0 Å². The molecule has 1 aromatic carbocycles. The summed E-state index contributed by atoms with van der Waals surface area (Å²) in [6.07, 6.45) is 7.49. The lowest BCUT2D eigenvalue weighted by Crippen LogP contribution is -1.84. The van der Waals surface area contributed by atoms with Crippen LogP contribution in [0.3, 0.4) is 0 Å². The SMILES string of the molecule is CCCC/C=C/OCc1ccccc1. The molecule has 0 heterocycles. The molecule has 0 radical (unpaired) electrons. The molecule has 1 rings (SSSR count). The molecule has 0 N–H and O–H groups in total. The van der Waals surface area contributed by atoms with E-state index in [2.05, 4.69) is 25.1 Å². The van der Waals surface area contributed by atoms with Crippen LogP contribution in [0.15, 0.2) is 42.7 Å². The van der Waals surface area contributed by atoms with Crippen molar-refractivity contribution in [1.82, 2.24) is 0 Å². The summed E-state index contributed by atoms with van der Waals surface area (Å²) >= 11 is 0. The fourth-order valence-electron chi connectivity index (χ4n) is 1.18. The maximum Gasteiger partial charge on any atom is 0.112 e. The van der Waals surface area contributed by atoms with Gasteiger partial charge in [0.1, 0.15) is 6.61 Å². The zero-order chi connectivity index (χ0) is 10.1. The molecular weight excluding hydrogens is 172 g/mol. The van der Waals surface area contributed by atoms with Crippen molar-refractivity contribution < 1.29 is 4.74 Å². The maximum absolute atomic E-state index is 5.39. The van der Waals surface area contributed by atoms with Crippen LogP contribution in [0.2, 0.25) is 0 Å². The van der Waals surface area contributed by atoms with Gasteiger partial charge < -0.3 is 4.74 Å². The fraction of sp³-hybridized carbons (Fsp3) is 0.385. The molecule has 0 bridgehead atoms. The van der Waals surface area contributed by atoms with Crippen molar-refractivity contribution >= 4 is 0 Å². The molecule has 0 amide bonds. The molecule has 0 spiro atoms. The van der Waals surface area contributed by atoms with Gasteiger partial charge in [0.05, 0.1) is 6.26 Å². The van der Waals surface area contributed by atoms with Gasteiger partial charge in [0.2, 0.25) is 0 Å². The minimum atomic E-state index is 0.670. The Labute approximate surface area is 86.4 Å². The van der Waals surface area contributed by atoms with E-state index in [1.54, 1.807) is 0 Å². The lowest BCUT2D eigenvalue weighted by atomic mass is 10.2. The summed E-state index contributed by atoms with van der Waals surface area (Å²) in [7, 11) is 0. The normalized spacial score (nSPS) is 10.6. The van der Waals surface area contributed by atoms with E-state index in [4.69, 9.17) is 4.74 Å². The topological polar surface area (TPSA) is 9.23 Å². The van der Waals surface area contributed by atoms with Crippen LogP contribution in [0, 0.1) is 0 Å². The number of ether oxygens (including phenoxy) is 1. The van der Waals surface area contributed by atoms with E-state index in [0.717, 1.165) is 6.42 Å². The van der Waals surface area contributed by atoms with Gasteiger partial charge >= 0.3 is 0 Å². The summed E-state index contributed by atoms with van der Waals surface area (Å²) in [6.45, 7) is 2.86. The molecule has 0 aliphatic heterocycles. The van der Waals surface area contributed by atoms with Gasteiger partial charge in [0, 0.05) is 0 Å². The van der Waals surface area contributed by atoms with Crippen LogP contribution in [0.5, 0.6) is 0 Å². The van der Waals surface area contributed by atoms with Crippen molar-refractivity contribution in [1.29, 1.82) is 0 Å². The minimum Gasteiger partial charge on any atom is -0.497 e. The van der Waals surface area contributed by atoms with Gasteiger partial charge in [0.15, 0.2) is 0 Å². The fourth-order valence-corrected chi connectivity index (χ4v) is 1.18. The summed E-state index contributed by atoms with van der Waals surface area (Å²) in [6, 6.07) is 10.2. The zero-order valence-electron chi connectivity index (χ0n) is 8.78. The highest BCUT2D eigenvalue weighted by Gasteiger charge is 1.87. The molecule has 1 heteroatoms. The quantitative estimate of drug-likeness (QED) is 0.488. The van der Waals surface area contributed by atoms with Crippen molar-refractivity contribution in [2.45, 2.75) is 32.8 Å². The van der Waals surface area contributed by atoms with Gasteiger partial charge in [-0.25, -0.2) is 0 Å². The van der Waals surface area contributed by atoms with E-state index in [0.29, 0.717) is 6.61 Å². The summed E-state index contributed by atoms with van der Waals surface area (Å²) in [5, 5.41) is 0. The van der Waals surface area contributed by atoms with Gasteiger partial charge in [-0.1, -0.05) is 43.7 Å². The highest BCUT2D eigenvalue weighted by atomic mass is 16.5. The first-order valence-electron chi connectivity index (χ1n) is 5.24. The van der Waals surface area contributed by atoms with Crippen molar-refractivity contribution in [3.05, 3.63) is 48.2 Å².